The second-order valence-corrected chi connectivity index (χ2v) is 6.39. The first kappa shape index (κ1) is 14.9. The van der Waals surface area contributed by atoms with Crippen LogP contribution in [0.5, 0.6) is 0 Å². The molecule has 3 N–H and O–H groups in total. The minimum atomic E-state index is 0.161. The Kier molecular flexibility index (Phi) is 5.05. The van der Waals surface area contributed by atoms with Gasteiger partial charge >= 0.3 is 0 Å². The lowest BCUT2D eigenvalue weighted by atomic mass is 9.76. The lowest BCUT2D eigenvalue weighted by Gasteiger charge is -2.33. The van der Waals surface area contributed by atoms with E-state index in [1.54, 1.807) is 0 Å². The molecule has 1 aromatic rings. The van der Waals surface area contributed by atoms with E-state index in [0.717, 1.165) is 18.7 Å². The van der Waals surface area contributed by atoms with Crippen LogP contribution in [0.1, 0.15) is 51.0 Å². The van der Waals surface area contributed by atoms with E-state index < -0.39 is 0 Å². The molecule has 0 aliphatic heterocycles. The van der Waals surface area contributed by atoms with Crippen molar-refractivity contribution in [1.29, 1.82) is 0 Å². The van der Waals surface area contributed by atoms with Gasteiger partial charge in [-0.15, -0.1) is 0 Å². The van der Waals surface area contributed by atoms with E-state index in [0.29, 0.717) is 11.8 Å². The summed E-state index contributed by atoms with van der Waals surface area (Å²) in [4.78, 5) is 11.9. The summed E-state index contributed by atoms with van der Waals surface area (Å²) in [6.45, 7) is 3.12. The Bertz CT molecular complexity index is 433. The van der Waals surface area contributed by atoms with Crippen molar-refractivity contribution >= 4 is 11.6 Å². The van der Waals surface area contributed by atoms with E-state index in [4.69, 9.17) is 5.73 Å². The fourth-order valence-corrected chi connectivity index (χ4v) is 2.92. The number of nitrogens with two attached hydrogens (primary N) is 1. The number of hydrogen-bond donors (Lipinski definition) is 2. The highest BCUT2D eigenvalue weighted by Crippen LogP contribution is 2.34. The topological polar surface area (TPSA) is 55.1 Å². The molecule has 20 heavy (non-hydrogen) atoms. The fourth-order valence-electron chi connectivity index (χ4n) is 2.92. The van der Waals surface area contributed by atoms with Gasteiger partial charge in [0.25, 0.3) is 0 Å². The molecule has 0 aromatic heterocycles. The van der Waals surface area contributed by atoms with Gasteiger partial charge in [-0.05, 0) is 42.4 Å². The predicted molar refractivity (Wildman–Crippen MR) is 83.4 cm³/mol. The maximum Gasteiger partial charge on any atom is 0.220 e. The van der Waals surface area contributed by atoms with Crippen molar-refractivity contribution < 1.29 is 4.79 Å². The van der Waals surface area contributed by atoms with Crippen molar-refractivity contribution in [2.45, 2.75) is 51.9 Å². The molecular formula is C17H26N2O. The van der Waals surface area contributed by atoms with Crippen LogP contribution >= 0.6 is 0 Å². The number of hydrogen-bond acceptors (Lipinski definition) is 2. The van der Waals surface area contributed by atoms with Gasteiger partial charge in [-0.1, -0.05) is 38.3 Å². The van der Waals surface area contributed by atoms with Gasteiger partial charge in [-0.25, -0.2) is 0 Å². The number of nitrogens with one attached hydrogen (secondary N) is 1. The van der Waals surface area contributed by atoms with Crippen molar-refractivity contribution in [3.05, 3.63) is 29.8 Å². The molecule has 1 fully saturated rings. The SMILES string of the molecule is CC1(CNC(=O)CCc2ccc(N)cc2)CCCCC1. The molecule has 0 radical (unpaired) electrons. The first-order valence-corrected chi connectivity index (χ1v) is 7.69. The molecule has 1 amide bonds. The minimum absolute atomic E-state index is 0.161. The molecule has 3 heteroatoms. The summed E-state index contributed by atoms with van der Waals surface area (Å²) < 4.78 is 0. The molecule has 3 nitrogen and oxygen atoms in total. The van der Waals surface area contributed by atoms with E-state index in [1.165, 1.54) is 37.7 Å². The molecule has 0 unspecified atom stereocenters. The van der Waals surface area contributed by atoms with Gasteiger partial charge in [0.15, 0.2) is 0 Å². The summed E-state index contributed by atoms with van der Waals surface area (Å²) in [6.07, 6.45) is 7.77. The van der Waals surface area contributed by atoms with Crippen LogP contribution < -0.4 is 11.1 Å². The second kappa shape index (κ2) is 6.78. The molecule has 0 bridgehead atoms. The zero-order valence-corrected chi connectivity index (χ0v) is 12.5. The van der Waals surface area contributed by atoms with Crippen LogP contribution in [0.25, 0.3) is 0 Å². The highest BCUT2D eigenvalue weighted by molar-refractivity contribution is 5.76. The minimum Gasteiger partial charge on any atom is -0.399 e. The normalized spacial score (nSPS) is 17.6. The first-order valence-electron chi connectivity index (χ1n) is 7.69. The van der Waals surface area contributed by atoms with Gasteiger partial charge in [0.1, 0.15) is 0 Å². The number of benzene rings is 1. The monoisotopic (exact) mass is 274 g/mol. The number of amides is 1. The van der Waals surface area contributed by atoms with Crippen LogP contribution in [0.2, 0.25) is 0 Å². The van der Waals surface area contributed by atoms with E-state index in [9.17, 15) is 4.79 Å². The van der Waals surface area contributed by atoms with Crippen molar-refractivity contribution in [3.63, 3.8) is 0 Å². The Morgan fingerprint density at radius 1 is 1.20 bits per heavy atom. The van der Waals surface area contributed by atoms with Gasteiger partial charge in [-0.2, -0.15) is 0 Å². The zero-order chi connectivity index (χ0) is 14.4. The number of rotatable bonds is 5. The van der Waals surface area contributed by atoms with E-state index >= 15 is 0 Å². The van der Waals surface area contributed by atoms with Crippen LogP contribution in [-0.2, 0) is 11.2 Å². The average Bonchev–Trinajstić information content (AvgIpc) is 2.45. The maximum atomic E-state index is 11.9. The summed E-state index contributed by atoms with van der Waals surface area (Å²) in [5.41, 5.74) is 7.89. The van der Waals surface area contributed by atoms with Gasteiger partial charge in [0.2, 0.25) is 5.91 Å². The van der Waals surface area contributed by atoms with Crippen molar-refractivity contribution in [2.75, 3.05) is 12.3 Å². The highest BCUT2D eigenvalue weighted by Gasteiger charge is 2.26. The molecule has 0 spiro atoms. The number of carbonyl (C=O) groups excluding carboxylic acids is 1. The largest absolute Gasteiger partial charge is 0.399 e. The van der Waals surface area contributed by atoms with Gasteiger partial charge < -0.3 is 11.1 Å². The Morgan fingerprint density at radius 2 is 1.85 bits per heavy atom. The third-order valence-electron chi connectivity index (χ3n) is 4.39. The summed E-state index contributed by atoms with van der Waals surface area (Å²) in [5, 5.41) is 3.11. The number of carbonyl (C=O) groups is 1. The Hall–Kier alpha value is -1.51. The second-order valence-electron chi connectivity index (χ2n) is 6.39. The molecule has 2 rings (SSSR count). The van der Waals surface area contributed by atoms with Crippen molar-refractivity contribution in [2.24, 2.45) is 5.41 Å². The molecule has 0 saturated heterocycles. The molecule has 1 aliphatic carbocycles. The van der Waals surface area contributed by atoms with E-state index in [2.05, 4.69) is 12.2 Å². The molecule has 0 heterocycles. The Balaban J connectivity index is 1.71. The van der Waals surface area contributed by atoms with Crippen LogP contribution in [0, 0.1) is 5.41 Å². The number of aryl methyl sites for hydroxylation is 1. The molecule has 1 saturated carbocycles. The van der Waals surface area contributed by atoms with Crippen LogP contribution in [0.4, 0.5) is 5.69 Å². The summed E-state index contributed by atoms with van der Waals surface area (Å²) in [7, 11) is 0. The van der Waals surface area contributed by atoms with Crippen LogP contribution in [0.15, 0.2) is 24.3 Å². The third kappa shape index (κ3) is 4.55. The molecule has 1 aromatic carbocycles. The van der Waals surface area contributed by atoms with Gasteiger partial charge in [-0.3, -0.25) is 4.79 Å². The van der Waals surface area contributed by atoms with Crippen LogP contribution in [-0.4, -0.2) is 12.5 Å². The van der Waals surface area contributed by atoms with Gasteiger partial charge in [0, 0.05) is 18.7 Å². The average molecular weight is 274 g/mol. The number of nitrogen functional groups attached to an aromatic ring is 1. The smallest absolute Gasteiger partial charge is 0.220 e. The van der Waals surface area contributed by atoms with Crippen molar-refractivity contribution in [1.82, 2.24) is 5.32 Å². The predicted octanol–water partition coefficient (Wildman–Crippen LogP) is 3.29. The van der Waals surface area contributed by atoms with Gasteiger partial charge in [0.05, 0.1) is 0 Å². The summed E-state index contributed by atoms with van der Waals surface area (Å²) >= 11 is 0. The lowest BCUT2D eigenvalue weighted by Crippen LogP contribution is -2.37. The highest BCUT2D eigenvalue weighted by atomic mass is 16.1. The molecule has 1 aliphatic rings. The molecular weight excluding hydrogens is 248 g/mol. The standard InChI is InChI=1S/C17H26N2O/c1-17(11-3-2-4-12-17)13-19-16(20)10-7-14-5-8-15(18)9-6-14/h5-6,8-9H,2-4,7,10-13,18H2,1H3,(H,19,20). The fraction of sp³-hybridized carbons (Fsp3) is 0.588. The van der Waals surface area contributed by atoms with Crippen LogP contribution in [0.3, 0.4) is 0 Å². The zero-order valence-electron chi connectivity index (χ0n) is 12.5. The Labute approximate surface area is 121 Å². The number of anilines is 1. The third-order valence-corrected chi connectivity index (χ3v) is 4.39. The quantitative estimate of drug-likeness (QED) is 0.810. The lowest BCUT2D eigenvalue weighted by molar-refractivity contribution is -0.121. The maximum absolute atomic E-state index is 11.9. The molecule has 0 atom stereocenters. The van der Waals surface area contributed by atoms with E-state index in [1.807, 2.05) is 24.3 Å². The first-order chi connectivity index (χ1) is 9.57. The molecule has 110 valence electrons. The van der Waals surface area contributed by atoms with E-state index in [-0.39, 0.29) is 5.91 Å². The summed E-state index contributed by atoms with van der Waals surface area (Å²) in [5.74, 6) is 0.161. The Morgan fingerprint density at radius 3 is 2.50 bits per heavy atom. The van der Waals surface area contributed by atoms with Crippen molar-refractivity contribution in [3.8, 4) is 0 Å². The summed E-state index contributed by atoms with van der Waals surface area (Å²) in [6, 6.07) is 7.75.